The third-order valence-electron chi connectivity index (χ3n) is 3.81. The van der Waals surface area contributed by atoms with Crippen molar-refractivity contribution in [2.24, 2.45) is 18.7 Å². The first kappa shape index (κ1) is 12.6. The molecule has 1 aliphatic carbocycles. The molecule has 2 rings (SSSR count). The average Bonchev–Trinajstić information content (AvgIpc) is 2.85. The Kier molecular flexibility index (Phi) is 4.18. The molecule has 1 aromatic heterocycles. The van der Waals surface area contributed by atoms with Gasteiger partial charge < -0.3 is 10.6 Å². The number of rotatable bonds is 5. The minimum atomic E-state index is 0.446. The molecule has 0 spiro atoms. The summed E-state index contributed by atoms with van der Waals surface area (Å²) in [6.07, 6.45) is 9.12. The van der Waals surface area contributed by atoms with E-state index in [1.54, 1.807) is 0 Å². The van der Waals surface area contributed by atoms with Crippen LogP contribution < -0.4 is 5.73 Å². The molecule has 0 aliphatic heterocycles. The molecule has 0 saturated heterocycles. The molecular formula is C13H24N4. The molecule has 2 N–H and O–H groups in total. The Morgan fingerprint density at radius 1 is 1.53 bits per heavy atom. The fourth-order valence-electron chi connectivity index (χ4n) is 2.75. The lowest BCUT2D eigenvalue weighted by molar-refractivity contribution is 0.286. The van der Waals surface area contributed by atoms with Gasteiger partial charge in [0.25, 0.3) is 0 Å². The average molecular weight is 236 g/mol. The van der Waals surface area contributed by atoms with Crippen LogP contribution in [0.5, 0.6) is 0 Å². The van der Waals surface area contributed by atoms with Crippen LogP contribution in [-0.2, 0) is 13.6 Å². The first-order valence-electron chi connectivity index (χ1n) is 6.57. The second kappa shape index (κ2) is 5.65. The van der Waals surface area contributed by atoms with E-state index in [2.05, 4.69) is 23.2 Å². The van der Waals surface area contributed by atoms with Crippen molar-refractivity contribution in [3.8, 4) is 0 Å². The quantitative estimate of drug-likeness (QED) is 0.840. The first-order chi connectivity index (χ1) is 8.15. The maximum absolute atomic E-state index is 6.09. The largest absolute Gasteiger partial charge is 0.327 e. The van der Waals surface area contributed by atoms with Gasteiger partial charge in [-0.1, -0.05) is 6.42 Å². The maximum Gasteiger partial charge on any atom is 0.0534 e. The lowest BCUT2D eigenvalue weighted by atomic mass is 10.00. The van der Waals surface area contributed by atoms with Crippen LogP contribution >= 0.6 is 0 Å². The molecule has 0 bridgehead atoms. The van der Waals surface area contributed by atoms with Crippen LogP contribution in [0.2, 0.25) is 0 Å². The van der Waals surface area contributed by atoms with Gasteiger partial charge in [0.2, 0.25) is 0 Å². The van der Waals surface area contributed by atoms with E-state index in [-0.39, 0.29) is 0 Å². The van der Waals surface area contributed by atoms with Crippen LogP contribution in [0, 0.1) is 5.92 Å². The summed E-state index contributed by atoms with van der Waals surface area (Å²) in [7, 11) is 4.13. The van der Waals surface area contributed by atoms with Crippen molar-refractivity contribution in [2.75, 3.05) is 13.6 Å². The van der Waals surface area contributed by atoms with Crippen LogP contribution in [0.25, 0.3) is 0 Å². The molecule has 1 heterocycles. The predicted molar refractivity (Wildman–Crippen MR) is 69.5 cm³/mol. The SMILES string of the molecule is CN(CCC1CCCC1N)Cc1cnn(C)c1. The van der Waals surface area contributed by atoms with Crippen molar-refractivity contribution in [2.45, 2.75) is 38.3 Å². The van der Waals surface area contributed by atoms with Gasteiger partial charge in [0.1, 0.15) is 0 Å². The van der Waals surface area contributed by atoms with Crippen LogP contribution in [0.3, 0.4) is 0 Å². The maximum atomic E-state index is 6.09. The summed E-state index contributed by atoms with van der Waals surface area (Å²) < 4.78 is 1.86. The summed E-state index contributed by atoms with van der Waals surface area (Å²) in [4.78, 5) is 2.36. The van der Waals surface area contributed by atoms with Crippen molar-refractivity contribution in [1.82, 2.24) is 14.7 Å². The summed E-state index contributed by atoms with van der Waals surface area (Å²) >= 11 is 0. The highest BCUT2D eigenvalue weighted by molar-refractivity contribution is 5.02. The van der Waals surface area contributed by atoms with E-state index < -0.39 is 0 Å². The third-order valence-corrected chi connectivity index (χ3v) is 3.81. The lowest BCUT2D eigenvalue weighted by Gasteiger charge is -2.20. The molecular weight excluding hydrogens is 212 g/mol. The number of nitrogens with zero attached hydrogens (tertiary/aromatic N) is 3. The molecule has 0 radical (unpaired) electrons. The predicted octanol–water partition coefficient (Wildman–Crippen LogP) is 1.37. The van der Waals surface area contributed by atoms with Gasteiger partial charge in [-0.2, -0.15) is 5.10 Å². The minimum Gasteiger partial charge on any atom is -0.327 e. The van der Waals surface area contributed by atoms with Gasteiger partial charge >= 0.3 is 0 Å². The molecule has 2 atom stereocenters. The van der Waals surface area contributed by atoms with Crippen molar-refractivity contribution in [1.29, 1.82) is 0 Å². The Morgan fingerprint density at radius 2 is 2.35 bits per heavy atom. The fraction of sp³-hybridized carbons (Fsp3) is 0.769. The third kappa shape index (κ3) is 3.54. The molecule has 4 nitrogen and oxygen atoms in total. The van der Waals surface area contributed by atoms with E-state index >= 15 is 0 Å². The Bertz CT molecular complexity index is 347. The van der Waals surface area contributed by atoms with Gasteiger partial charge in [-0.25, -0.2) is 0 Å². The van der Waals surface area contributed by atoms with E-state index in [0.29, 0.717) is 6.04 Å². The Morgan fingerprint density at radius 3 is 2.94 bits per heavy atom. The standard InChI is InChI=1S/C13H24N4/c1-16(9-11-8-15-17(2)10-11)7-6-12-4-3-5-13(12)14/h8,10,12-13H,3-7,9,14H2,1-2H3. The second-order valence-electron chi connectivity index (χ2n) is 5.40. The molecule has 2 unspecified atom stereocenters. The van der Waals surface area contributed by atoms with Gasteiger partial charge in [-0.05, 0) is 38.8 Å². The normalized spacial score (nSPS) is 24.7. The Labute approximate surface area is 104 Å². The van der Waals surface area contributed by atoms with E-state index in [1.807, 2.05) is 17.9 Å². The number of hydrogen-bond donors (Lipinski definition) is 1. The van der Waals surface area contributed by atoms with E-state index in [4.69, 9.17) is 5.73 Å². The number of aryl methyl sites for hydroxylation is 1. The van der Waals surface area contributed by atoms with Gasteiger partial charge in [-0.15, -0.1) is 0 Å². The summed E-state index contributed by atoms with van der Waals surface area (Å²) in [5.41, 5.74) is 7.37. The first-order valence-corrected chi connectivity index (χ1v) is 6.57. The van der Waals surface area contributed by atoms with Gasteiger partial charge in [0, 0.05) is 31.4 Å². The van der Waals surface area contributed by atoms with Gasteiger partial charge in [0.05, 0.1) is 6.20 Å². The molecule has 1 fully saturated rings. The Balaban J connectivity index is 1.72. The monoisotopic (exact) mass is 236 g/mol. The van der Waals surface area contributed by atoms with Crippen LogP contribution in [0.1, 0.15) is 31.2 Å². The summed E-state index contributed by atoms with van der Waals surface area (Å²) in [5.74, 6) is 0.742. The highest BCUT2D eigenvalue weighted by Crippen LogP contribution is 2.26. The second-order valence-corrected chi connectivity index (χ2v) is 5.40. The van der Waals surface area contributed by atoms with Crippen molar-refractivity contribution < 1.29 is 0 Å². The zero-order valence-corrected chi connectivity index (χ0v) is 11.0. The fourth-order valence-corrected chi connectivity index (χ4v) is 2.75. The van der Waals surface area contributed by atoms with Gasteiger partial charge in [0.15, 0.2) is 0 Å². The van der Waals surface area contributed by atoms with Crippen LogP contribution in [0.15, 0.2) is 12.4 Å². The topological polar surface area (TPSA) is 47.1 Å². The van der Waals surface area contributed by atoms with E-state index in [1.165, 1.54) is 31.2 Å². The summed E-state index contributed by atoms with van der Waals surface area (Å²) in [6.45, 7) is 2.11. The zero-order chi connectivity index (χ0) is 12.3. The van der Waals surface area contributed by atoms with Crippen LogP contribution in [0.4, 0.5) is 0 Å². The van der Waals surface area contributed by atoms with E-state index in [9.17, 15) is 0 Å². The zero-order valence-electron chi connectivity index (χ0n) is 11.0. The molecule has 1 aromatic rings. The smallest absolute Gasteiger partial charge is 0.0534 e. The molecule has 4 heteroatoms. The summed E-state index contributed by atoms with van der Waals surface area (Å²) in [6, 6.07) is 0.446. The molecule has 96 valence electrons. The number of hydrogen-bond acceptors (Lipinski definition) is 3. The molecule has 17 heavy (non-hydrogen) atoms. The number of nitrogens with two attached hydrogens (primary N) is 1. The molecule has 1 aliphatic rings. The van der Waals surface area contributed by atoms with Crippen LogP contribution in [-0.4, -0.2) is 34.3 Å². The summed E-state index contributed by atoms with van der Waals surface area (Å²) in [5, 5.41) is 4.19. The molecule has 1 saturated carbocycles. The minimum absolute atomic E-state index is 0.446. The molecule has 0 aromatic carbocycles. The highest BCUT2D eigenvalue weighted by Gasteiger charge is 2.23. The van der Waals surface area contributed by atoms with Crippen molar-refractivity contribution in [3.05, 3.63) is 18.0 Å². The lowest BCUT2D eigenvalue weighted by Crippen LogP contribution is -2.28. The van der Waals surface area contributed by atoms with Gasteiger partial charge in [-0.3, -0.25) is 4.68 Å². The number of aromatic nitrogens is 2. The van der Waals surface area contributed by atoms with E-state index in [0.717, 1.165) is 19.0 Å². The van der Waals surface area contributed by atoms with Crippen molar-refractivity contribution in [3.63, 3.8) is 0 Å². The highest BCUT2D eigenvalue weighted by atomic mass is 15.2. The van der Waals surface area contributed by atoms with Crippen molar-refractivity contribution >= 4 is 0 Å². The Hall–Kier alpha value is -0.870. The molecule has 0 amide bonds.